The largest absolute Gasteiger partial charge is 0.497 e. The molecule has 0 atom stereocenters. The predicted octanol–water partition coefficient (Wildman–Crippen LogP) is 4.84. The molecule has 0 bridgehead atoms. The first-order valence-electron chi connectivity index (χ1n) is 8.97. The van der Waals surface area contributed by atoms with Gasteiger partial charge in [0, 0.05) is 17.1 Å². The number of thiophene rings is 1. The summed E-state index contributed by atoms with van der Waals surface area (Å²) >= 11 is 1.47. The lowest BCUT2D eigenvalue weighted by Gasteiger charge is -2.06. The van der Waals surface area contributed by atoms with Crippen LogP contribution >= 0.6 is 11.3 Å². The molecular formula is C22H22N2O4S. The van der Waals surface area contributed by atoms with Crippen LogP contribution in [0.15, 0.2) is 54.6 Å². The van der Waals surface area contributed by atoms with Crippen molar-refractivity contribution in [2.24, 2.45) is 0 Å². The SMILES string of the molecule is COC(=O)Nc1ccc(CNC(=O)c2cc(-c3ccc(OC)cc3)c(C)s2)cc1. The van der Waals surface area contributed by atoms with E-state index in [1.54, 1.807) is 19.2 Å². The fourth-order valence-corrected chi connectivity index (χ4v) is 3.75. The quantitative estimate of drug-likeness (QED) is 0.610. The lowest BCUT2D eigenvalue weighted by molar-refractivity contribution is 0.0955. The maximum absolute atomic E-state index is 12.6. The minimum absolute atomic E-state index is 0.116. The number of amides is 2. The molecule has 0 unspecified atom stereocenters. The van der Waals surface area contributed by atoms with Crippen molar-refractivity contribution in [2.75, 3.05) is 19.5 Å². The van der Waals surface area contributed by atoms with Crippen molar-refractivity contribution in [2.45, 2.75) is 13.5 Å². The number of ether oxygens (including phenoxy) is 2. The predicted molar refractivity (Wildman–Crippen MR) is 115 cm³/mol. The minimum atomic E-state index is -0.521. The molecule has 2 N–H and O–H groups in total. The van der Waals surface area contributed by atoms with Gasteiger partial charge in [-0.3, -0.25) is 10.1 Å². The summed E-state index contributed by atoms with van der Waals surface area (Å²) in [4.78, 5) is 25.5. The summed E-state index contributed by atoms with van der Waals surface area (Å²) in [6, 6.07) is 16.9. The van der Waals surface area contributed by atoms with E-state index in [0.29, 0.717) is 17.1 Å². The van der Waals surface area contributed by atoms with E-state index in [2.05, 4.69) is 15.4 Å². The number of carbonyl (C=O) groups is 2. The number of benzene rings is 2. The number of hydrogen-bond acceptors (Lipinski definition) is 5. The van der Waals surface area contributed by atoms with Gasteiger partial charge < -0.3 is 14.8 Å². The topological polar surface area (TPSA) is 76.7 Å². The highest BCUT2D eigenvalue weighted by molar-refractivity contribution is 7.14. The van der Waals surface area contributed by atoms with E-state index >= 15 is 0 Å². The van der Waals surface area contributed by atoms with Gasteiger partial charge in [-0.25, -0.2) is 4.79 Å². The van der Waals surface area contributed by atoms with Crippen LogP contribution in [0.4, 0.5) is 10.5 Å². The van der Waals surface area contributed by atoms with E-state index in [9.17, 15) is 9.59 Å². The Morgan fingerprint density at radius 1 is 1.00 bits per heavy atom. The molecular weight excluding hydrogens is 388 g/mol. The van der Waals surface area contributed by atoms with Crippen molar-refractivity contribution in [3.05, 3.63) is 69.9 Å². The normalized spacial score (nSPS) is 10.3. The number of aryl methyl sites for hydroxylation is 1. The first-order valence-corrected chi connectivity index (χ1v) is 9.78. The monoisotopic (exact) mass is 410 g/mol. The highest BCUT2D eigenvalue weighted by atomic mass is 32.1. The molecule has 7 heteroatoms. The maximum Gasteiger partial charge on any atom is 0.411 e. The van der Waals surface area contributed by atoms with Crippen molar-refractivity contribution in [1.29, 1.82) is 0 Å². The molecule has 0 radical (unpaired) electrons. The minimum Gasteiger partial charge on any atom is -0.497 e. The Bertz CT molecular complexity index is 995. The Hall–Kier alpha value is -3.32. The first-order chi connectivity index (χ1) is 14.0. The van der Waals surface area contributed by atoms with Crippen LogP contribution < -0.4 is 15.4 Å². The Morgan fingerprint density at radius 3 is 2.31 bits per heavy atom. The molecule has 2 aromatic carbocycles. The van der Waals surface area contributed by atoms with E-state index < -0.39 is 6.09 Å². The maximum atomic E-state index is 12.6. The fourth-order valence-electron chi connectivity index (χ4n) is 2.80. The molecule has 1 heterocycles. The van der Waals surface area contributed by atoms with Gasteiger partial charge in [-0.15, -0.1) is 11.3 Å². The second kappa shape index (κ2) is 9.25. The highest BCUT2D eigenvalue weighted by Gasteiger charge is 2.14. The number of anilines is 1. The molecule has 1 aromatic heterocycles. The molecule has 0 saturated carbocycles. The van der Waals surface area contributed by atoms with E-state index in [0.717, 1.165) is 27.3 Å². The van der Waals surface area contributed by atoms with Gasteiger partial charge >= 0.3 is 6.09 Å². The number of rotatable bonds is 6. The second-order valence-corrected chi connectivity index (χ2v) is 7.56. The molecule has 0 aliphatic carbocycles. The van der Waals surface area contributed by atoms with Crippen LogP contribution in [-0.2, 0) is 11.3 Å². The number of hydrogen-bond donors (Lipinski definition) is 2. The number of carbonyl (C=O) groups excluding carboxylic acids is 2. The van der Waals surface area contributed by atoms with Crippen molar-refractivity contribution >= 4 is 29.0 Å². The summed E-state index contributed by atoms with van der Waals surface area (Å²) in [7, 11) is 2.95. The van der Waals surface area contributed by atoms with Crippen molar-refractivity contribution in [3.8, 4) is 16.9 Å². The van der Waals surface area contributed by atoms with Gasteiger partial charge in [0.25, 0.3) is 5.91 Å². The molecule has 0 aliphatic heterocycles. The number of methoxy groups -OCH3 is 2. The third kappa shape index (κ3) is 5.14. The zero-order valence-electron chi connectivity index (χ0n) is 16.4. The average Bonchev–Trinajstić information content (AvgIpc) is 3.14. The van der Waals surface area contributed by atoms with Gasteiger partial charge in [0.2, 0.25) is 0 Å². The van der Waals surface area contributed by atoms with Crippen LogP contribution in [0.2, 0.25) is 0 Å². The van der Waals surface area contributed by atoms with E-state index in [4.69, 9.17) is 4.74 Å². The van der Waals surface area contributed by atoms with Crippen molar-refractivity contribution in [1.82, 2.24) is 5.32 Å². The molecule has 0 fully saturated rings. The Kier molecular flexibility index (Phi) is 6.51. The zero-order valence-corrected chi connectivity index (χ0v) is 17.3. The molecule has 0 aliphatic rings. The van der Waals surface area contributed by atoms with Gasteiger partial charge in [0.15, 0.2) is 0 Å². The third-order valence-corrected chi connectivity index (χ3v) is 5.43. The Morgan fingerprint density at radius 2 is 1.69 bits per heavy atom. The van der Waals surface area contributed by atoms with E-state index in [1.165, 1.54) is 18.4 Å². The second-order valence-electron chi connectivity index (χ2n) is 6.31. The lowest BCUT2D eigenvalue weighted by atomic mass is 10.1. The van der Waals surface area contributed by atoms with Gasteiger partial charge in [0.1, 0.15) is 5.75 Å². The smallest absolute Gasteiger partial charge is 0.411 e. The van der Waals surface area contributed by atoms with Crippen LogP contribution in [0.3, 0.4) is 0 Å². The molecule has 0 saturated heterocycles. The van der Waals surface area contributed by atoms with Gasteiger partial charge in [0.05, 0.1) is 19.1 Å². The molecule has 6 nitrogen and oxygen atoms in total. The summed E-state index contributed by atoms with van der Waals surface area (Å²) in [5, 5.41) is 5.52. The molecule has 0 spiro atoms. The van der Waals surface area contributed by atoms with Crippen LogP contribution in [-0.4, -0.2) is 26.2 Å². The standard InChI is InChI=1S/C22H22N2O4S/c1-14-19(16-6-10-18(27-2)11-7-16)12-20(29-14)21(25)23-13-15-4-8-17(9-5-15)24-22(26)28-3/h4-12H,13H2,1-3H3,(H,23,25)(H,24,26). The van der Waals surface area contributed by atoms with Crippen molar-refractivity contribution in [3.63, 3.8) is 0 Å². The van der Waals surface area contributed by atoms with Crippen LogP contribution in [0.1, 0.15) is 20.1 Å². The third-order valence-electron chi connectivity index (χ3n) is 4.38. The fraction of sp³-hybridized carbons (Fsp3) is 0.182. The first kappa shape index (κ1) is 20.4. The summed E-state index contributed by atoms with van der Waals surface area (Å²) in [6.07, 6.45) is -0.521. The van der Waals surface area contributed by atoms with E-state index in [1.807, 2.05) is 49.4 Å². The summed E-state index contributed by atoms with van der Waals surface area (Å²) in [5.74, 6) is 0.682. The van der Waals surface area contributed by atoms with Gasteiger partial charge in [-0.1, -0.05) is 24.3 Å². The summed E-state index contributed by atoms with van der Waals surface area (Å²) < 4.78 is 9.75. The number of nitrogens with one attached hydrogen (secondary N) is 2. The zero-order chi connectivity index (χ0) is 20.8. The van der Waals surface area contributed by atoms with E-state index in [-0.39, 0.29) is 5.91 Å². The van der Waals surface area contributed by atoms with Crippen LogP contribution in [0.25, 0.3) is 11.1 Å². The lowest BCUT2D eigenvalue weighted by Crippen LogP contribution is -2.21. The molecule has 3 aromatic rings. The van der Waals surface area contributed by atoms with Gasteiger partial charge in [-0.2, -0.15) is 0 Å². The van der Waals surface area contributed by atoms with Crippen molar-refractivity contribution < 1.29 is 19.1 Å². The summed E-state index contributed by atoms with van der Waals surface area (Å²) in [5.41, 5.74) is 3.65. The molecule has 29 heavy (non-hydrogen) atoms. The van der Waals surface area contributed by atoms with Gasteiger partial charge in [-0.05, 0) is 53.9 Å². The highest BCUT2D eigenvalue weighted by Crippen LogP contribution is 2.32. The average molecular weight is 410 g/mol. The molecule has 2 amide bonds. The Labute approximate surface area is 173 Å². The molecule has 150 valence electrons. The Balaban J connectivity index is 1.63. The summed E-state index contributed by atoms with van der Waals surface area (Å²) in [6.45, 7) is 2.40. The van der Waals surface area contributed by atoms with Crippen LogP contribution in [0.5, 0.6) is 5.75 Å². The molecule has 3 rings (SSSR count). The van der Waals surface area contributed by atoms with Crippen LogP contribution in [0, 0.1) is 6.92 Å².